The number of fused-ring (bicyclic) bond motifs is 1. The topological polar surface area (TPSA) is 121 Å². The van der Waals surface area contributed by atoms with Crippen LogP contribution in [0.4, 0.5) is 0 Å². The van der Waals surface area contributed by atoms with E-state index in [4.69, 9.17) is 11.6 Å². The predicted octanol–water partition coefficient (Wildman–Crippen LogP) is 6.31. The van der Waals surface area contributed by atoms with Crippen LogP contribution in [0.5, 0.6) is 0 Å². The highest BCUT2D eigenvalue weighted by molar-refractivity contribution is 6.31. The lowest BCUT2D eigenvalue weighted by Gasteiger charge is -2.19. The van der Waals surface area contributed by atoms with Crippen molar-refractivity contribution in [3.8, 4) is 22.5 Å². The molecule has 0 unspecified atom stereocenters. The lowest BCUT2D eigenvalue weighted by atomic mass is 9.93. The summed E-state index contributed by atoms with van der Waals surface area (Å²) in [4.78, 5) is 41.5. The van der Waals surface area contributed by atoms with Crippen LogP contribution in [-0.4, -0.2) is 36.9 Å². The largest absolute Gasteiger partial charge is 0.478 e. The minimum absolute atomic E-state index is 0.0242. The Kier molecular flexibility index (Phi) is 7.15. The summed E-state index contributed by atoms with van der Waals surface area (Å²) >= 11 is 6.33. The number of imidazole rings is 1. The molecule has 0 spiro atoms. The summed E-state index contributed by atoms with van der Waals surface area (Å²) in [6, 6.07) is 19.4. The normalized spacial score (nSPS) is 11.8. The van der Waals surface area contributed by atoms with Crippen LogP contribution >= 0.6 is 11.6 Å². The third-order valence-corrected chi connectivity index (χ3v) is 6.52. The molecule has 0 aliphatic heterocycles. The van der Waals surface area contributed by atoms with Gasteiger partial charge in [0.1, 0.15) is 17.7 Å². The van der Waals surface area contributed by atoms with E-state index in [0.717, 1.165) is 18.4 Å². The molecular formula is C29H24ClN5O3. The highest BCUT2D eigenvalue weighted by Crippen LogP contribution is 2.36. The van der Waals surface area contributed by atoms with Crippen molar-refractivity contribution in [2.24, 2.45) is 0 Å². The monoisotopic (exact) mass is 525 g/mol. The lowest BCUT2D eigenvalue weighted by Crippen LogP contribution is -2.28. The minimum Gasteiger partial charge on any atom is -0.478 e. The predicted molar refractivity (Wildman–Crippen MR) is 146 cm³/mol. The Morgan fingerprint density at radius 1 is 1.03 bits per heavy atom. The van der Waals surface area contributed by atoms with Crippen LogP contribution in [0.1, 0.15) is 52.1 Å². The molecule has 2 heterocycles. The molecule has 0 saturated carbocycles. The summed E-state index contributed by atoms with van der Waals surface area (Å²) in [5.41, 5.74) is 3.97. The number of H-pyrrole nitrogens is 1. The van der Waals surface area contributed by atoms with Crippen molar-refractivity contribution in [2.45, 2.75) is 25.8 Å². The number of rotatable bonds is 8. The number of amides is 1. The van der Waals surface area contributed by atoms with Gasteiger partial charge in [-0.2, -0.15) is 0 Å². The fraction of sp³-hybridized carbons (Fsp3) is 0.138. The first-order valence-electron chi connectivity index (χ1n) is 12.1. The van der Waals surface area contributed by atoms with Gasteiger partial charge in [-0.1, -0.05) is 61.3 Å². The molecule has 0 fully saturated rings. The number of nitrogens with zero attached hydrogens (tertiary/aromatic N) is 3. The zero-order chi connectivity index (χ0) is 26.6. The van der Waals surface area contributed by atoms with Crippen molar-refractivity contribution in [1.82, 2.24) is 25.3 Å². The molecule has 3 aromatic carbocycles. The highest BCUT2D eigenvalue weighted by atomic mass is 35.5. The Morgan fingerprint density at radius 3 is 2.55 bits per heavy atom. The van der Waals surface area contributed by atoms with Crippen molar-refractivity contribution in [2.75, 3.05) is 0 Å². The maximum atomic E-state index is 13.2. The molecule has 3 N–H and O–H groups in total. The molecule has 9 heteroatoms. The number of aromatic nitrogens is 4. The number of carboxylic acids is 1. The van der Waals surface area contributed by atoms with Gasteiger partial charge in [0, 0.05) is 16.1 Å². The highest BCUT2D eigenvalue weighted by Gasteiger charge is 2.21. The third-order valence-electron chi connectivity index (χ3n) is 6.29. The summed E-state index contributed by atoms with van der Waals surface area (Å²) in [5.74, 6) is -1.01. The van der Waals surface area contributed by atoms with Gasteiger partial charge in [0.05, 0.1) is 17.8 Å². The van der Waals surface area contributed by atoms with E-state index >= 15 is 0 Å². The number of carbonyl (C=O) groups is 2. The number of hydrogen-bond acceptors (Lipinski definition) is 5. The maximum absolute atomic E-state index is 13.2. The van der Waals surface area contributed by atoms with Gasteiger partial charge in [-0.25, -0.2) is 19.7 Å². The van der Waals surface area contributed by atoms with Crippen molar-refractivity contribution in [3.05, 3.63) is 101 Å². The summed E-state index contributed by atoms with van der Waals surface area (Å²) in [6.07, 6.45) is 4.66. The van der Waals surface area contributed by atoms with Crippen LogP contribution in [0.3, 0.4) is 0 Å². The molecule has 2 aromatic heterocycles. The quantitative estimate of drug-likeness (QED) is 0.218. The molecule has 8 nitrogen and oxygen atoms in total. The first kappa shape index (κ1) is 25.1. The van der Waals surface area contributed by atoms with E-state index in [9.17, 15) is 14.7 Å². The van der Waals surface area contributed by atoms with Gasteiger partial charge in [0.15, 0.2) is 5.65 Å². The molecule has 38 heavy (non-hydrogen) atoms. The number of benzene rings is 3. The Balaban J connectivity index is 1.54. The summed E-state index contributed by atoms with van der Waals surface area (Å²) in [6.45, 7) is 2.05. The molecule has 0 bridgehead atoms. The van der Waals surface area contributed by atoms with Crippen LogP contribution in [0.25, 0.3) is 33.7 Å². The second kappa shape index (κ2) is 10.8. The SMILES string of the molecule is CCC[C@@H](NC(=O)c1ccc(-c2cc(Cl)ccc2-c2nc3ncncc3[nH]2)c(C(=O)O)c1)c1ccccc1. The molecule has 0 aliphatic carbocycles. The average molecular weight is 526 g/mol. The van der Waals surface area contributed by atoms with Crippen molar-refractivity contribution in [1.29, 1.82) is 0 Å². The van der Waals surface area contributed by atoms with Crippen LogP contribution in [-0.2, 0) is 0 Å². The van der Waals surface area contributed by atoms with Crippen LogP contribution in [0.15, 0.2) is 79.3 Å². The zero-order valence-corrected chi connectivity index (χ0v) is 21.2. The number of aromatic amines is 1. The van der Waals surface area contributed by atoms with Crippen molar-refractivity contribution < 1.29 is 14.7 Å². The number of hydrogen-bond donors (Lipinski definition) is 3. The minimum atomic E-state index is -1.16. The fourth-order valence-electron chi connectivity index (χ4n) is 4.47. The van der Waals surface area contributed by atoms with Gasteiger partial charge < -0.3 is 15.4 Å². The van der Waals surface area contributed by atoms with Gasteiger partial charge >= 0.3 is 5.97 Å². The number of carboxylic acid groups (broad SMARTS) is 1. The molecule has 190 valence electrons. The first-order chi connectivity index (χ1) is 18.4. The van der Waals surface area contributed by atoms with Crippen molar-refractivity contribution in [3.63, 3.8) is 0 Å². The Labute approximate surface area is 223 Å². The van der Waals surface area contributed by atoms with Crippen LogP contribution < -0.4 is 5.32 Å². The summed E-state index contributed by atoms with van der Waals surface area (Å²) in [7, 11) is 0. The maximum Gasteiger partial charge on any atom is 0.336 e. The van der Waals surface area contributed by atoms with Gasteiger partial charge in [-0.15, -0.1) is 0 Å². The second-order valence-electron chi connectivity index (χ2n) is 8.83. The Morgan fingerprint density at radius 2 is 1.82 bits per heavy atom. The van der Waals surface area contributed by atoms with Gasteiger partial charge in [-0.05, 0) is 53.4 Å². The molecule has 0 radical (unpaired) electrons. The van der Waals surface area contributed by atoms with Gasteiger partial charge in [0.2, 0.25) is 0 Å². The second-order valence-corrected chi connectivity index (χ2v) is 9.26. The molecule has 1 amide bonds. The van der Waals surface area contributed by atoms with Gasteiger partial charge in [0.25, 0.3) is 5.91 Å². The average Bonchev–Trinajstić information content (AvgIpc) is 3.37. The standard InChI is InChI=1S/C29H24ClN5O3/c1-2-6-24(17-7-4-3-5-8-17)34-28(36)18-9-11-20(23(13-18)29(37)38)22-14-19(30)10-12-21(22)26-33-25-15-31-16-32-27(25)35-26/h3-5,7-16,24H,2,6H2,1H3,(H,34,36)(H,37,38)(H,31,32,33,35)/t24-/m1/s1. The van der Waals surface area contributed by atoms with E-state index in [1.54, 1.807) is 36.5 Å². The van der Waals surface area contributed by atoms with E-state index < -0.39 is 5.97 Å². The molecule has 0 saturated heterocycles. The van der Waals surface area contributed by atoms with E-state index in [2.05, 4.69) is 32.2 Å². The molecule has 0 aliphatic rings. The van der Waals surface area contributed by atoms with E-state index in [0.29, 0.717) is 38.7 Å². The van der Waals surface area contributed by atoms with Crippen LogP contribution in [0, 0.1) is 0 Å². The van der Waals surface area contributed by atoms with E-state index in [1.807, 2.05) is 30.3 Å². The Hall–Kier alpha value is -4.56. The molecule has 5 aromatic rings. The third kappa shape index (κ3) is 5.12. The van der Waals surface area contributed by atoms with Crippen molar-refractivity contribution >= 4 is 34.6 Å². The number of carbonyl (C=O) groups excluding carboxylic acids is 1. The number of halogens is 1. The number of aromatic carboxylic acids is 1. The van der Waals surface area contributed by atoms with Gasteiger partial charge in [-0.3, -0.25) is 4.79 Å². The summed E-state index contributed by atoms with van der Waals surface area (Å²) in [5, 5.41) is 13.6. The van der Waals surface area contributed by atoms with Crippen LogP contribution in [0.2, 0.25) is 5.02 Å². The lowest BCUT2D eigenvalue weighted by molar-refractivity contribution is 0.0697. The zero-order valence-electron chi connectivity index (χ0n) is 20.5. The Bertz CT molecular complexity index is 1600. The molecular weight excluding hydrogens is 502 g/mol. The smallest absolute Gasteiger partial charge is 0.336 e. The fourth-order valence-corrected chi connectivity index (χ4v) is 4.64. The summed E-state index contributed by atoms with van der Waals surface area (Å²) < 4.78 is 0. The number of nitrogens with one attached hydrogen (secondary N) is 2. The molecule has 5 rings (SSSR count). The first-order valence-corrected chi connectivity index (χ1v) is 12.5. The van der Waals surface area contributed by atoms with E-state index in [-0.39, 0.29) is 23.1 Å². The van der Waals surface area contributed by atoms with E-state index in [1.165, 1.54) is 12.4 Å². The molecule has 1 atom stereocenters.